The van der Waals surface area contributed by atoms with Crippen LogP contribution in [0.25, 0.3) is 0 Å². The van der Waals surface area contributed by atoms with Crippen LogP contribution in [-0.2, 0) is 21.4 Å². The Hall–Kier alpha value is -3.18. The minimum atomic E-state index is -3.76. The number of urea groups is 1. The van der Waals surface area contributed by atoms with Gasteiger partial charge in [-0.05, 0) is 29.8 Å². The Balaban J connectivity index is 2.26. The maximum Gasteiger partial charge on any atom is 0.322 e. The van der Waals surface area contributed by atoms with Crippen molar-refractivity contribution in [3.63, 3.8) is 0 Å². The Morgan fingerprint density at radius 3 is 2.25 bits per heavy atom. The largest absolute Gasteiger partial charge is 0.497 e. The molecule has 0 atom stereocenters. The molecule has 11 heteroatoms. The van der Waals surface area contributed by atoms with Gasteiger partial charge >= 0.3 is 16.1 Å². The van der Waals surface area contributed by atoms with E-state index in [-0.39, 0.29) is 24.6 Å². The lowest BCUT2D eigenvalue weighted by molar-refractivity contribution is 0.152. The summed E-state index contributed by atoms with van der Waals surface area (Å²) in [4.78, 5) is 14.5. The van der Waals surface area contributed by atoms with Gasteiger partial charge in [-0.15, -0.1) is 0 Å². The zero-order chi connectivity index (χ0) is 23.7. The SMILES string of the molecule is COCCN(Cc1ccc(OC)c(OS(C)(=O)=O)c1)C(=O)Nc1ccc(OC)cc1OC. The lowest BCUT2D eigenvalue weighted by Crippen LogP contribution is -2.37. The van der Waals surface area contributed by atoms with Gasteiger partial charge in [0.25, 0.3) is 0 Å². The highest BCUT2D eigenvalue weighted by molar-refractivity contribution is 7.86. The lowest BCUT2D eigenvalue weighted by atomic mass is 10.2. The summed E-state index contributed by atoms with van der Waals surface area (Å²) in [5, 5.41) is 2.82. The van der Waals surface area contributed by atoms with Gasteiger partial charge in [-0.3, -0.25) is 0 Å². The van der Waals surface area contributed by atoms with Crippen molar-refractivity contribution in [2.24, 2.45) is 0 Å². The molecule has 2 rings (SSSR count). The number of nitrogens with one attached hydrogen (secondary N) is 1. The molecule has 0 bridgehead atoms. The van der Waals surface area contributed by atoms with Gasteiger partial charge in [0, 0.05) is 26.3 Å². The molecule has 32 heavy (non-hydrogen) atoms. The molecule has 10 nitrogen and oxygen atoms in total. The van der Waals surface area contributed by atoms with E-state index < -0.39 is 16.1 Å². The number of ether oxygens (including phenoxy) is 4. The number of hydrogen-bond donors (Lipinski definition) is 1. The zero-order valence-corrected chi connectivity index (χ0v) is 19.5. The van der Waals surface area contributed by atoms with E-state index in [0.717, 1.165) is 6.26 Å². The zero-order valence-electron chi connectivity index (χ0n) is 18.7. The first-order valence-electron chi connectivity index (χ1n) is 9.54. The third-order valence-corrected chi connectivity index (χ3v) is 4.83. The first-order valence-corrected chi connectivity index (χ1v) is 11.4. The van der Waals surface area contributed by atoms with Crippen molar-refractivity contribution >= 4 is 21.8 Å². The fraction of sp³-hybridized carbons (Fsp3) is 0.381. The van der Waals surface area contributed by atoms with Gasteiger partial charge in [-0.1, -0.05) is 6.07 Å². The molecule has 0 heterocycles. The second-order valence-electron chi connectivity index (χ2n) is 6.68. The smallest absolute Gasteiger partial charge is 0.322 e. The van der Waals surface area contributed by atoms with E-state index in [4.69, 9.17) is 23.1 Å². The molecule has 1 N–H and O–H groups in total. The number of carbonyl (C=O) groups excluding carboxylic acids is 1. The highest BCUT2D eigenvalue weighted by atomic mass is 32.2. The monoisotopic (exact) mass is 468 g/mol. The highest BCUT2D eigenvalue weighted by Crippen LogP contribution is 2.31. The predicted molar refractivity (Wildman–Crippen MR) is 119 cm³/mol. The second-order valence-corrected chi connectivity index (χ2v) is 8.26. The standard InChI is InChI=1S/C21H28N2O8S/c1-27-11-10-23(21(24)22-17-8-7-16(28-2)13-19(17)30-4)14-15-6-9-18(29-3)20(12-15)31-32(5,25)26/h6-9,12-13H,10-11,14H2,1-5H3,(H,22,24). The average molecular weight is 469 g/mol. The summed E-state index contributed by atoms with van der Waals surface area (Å²) in [6.07, 6.45) is 0.944. The van der Waals surface area contributed by atoms with Gasteiger partial charge in [0.05, 0.1) is 39.9 Å². The molecule has 0 spiro atoms. The van der Waals surface area contributed by atoms with Gasteiger partial charge in [0.15, 0.2) is 11.5 Å². The van der Waals surface area contributed by atoms with Crippen LogP contribution in [0.15, 0.2) is 36.4 Å². The molecule has 0 aliphatic rings. The van der Waals surface area contributed by atoms with E-state index in [0.29, 0.717) is 29.4 Å². The molecule has 0 saturated carbocycles. The molecule has 0 aromatic heterocycles. The van der Waals surface area contributed by atoms with Crippen LogP contribution in [0.1, 0.15) is 5.56 Å². The van der Waals surface area contributed by atoms with E-state index in [2.05, 4.69) is 5.32 Å². The normalized spacial score (nSPS) is 10.9. The summed E-state index contributed by atoms with van der Waals surface area (Å²) in [5.74, 6) is 1.33. The number of amides is 2. The Kier molecular flexibility index (Phi) is 8.97. The molecular formula is C21H28N2O8S. The van der Waals surface area contributed by atoms with Crippen molar-refractivity contribution in [2.75, 3.05) is 53.2 Å². The molecule has 0 unspecified atom stereocenters. The van der Waals surface area contributed by atoms with E-state index in [9.17, 15) is 13.2 Å². The highest BCUT2D eigenvalue weighted by Gasteiger charge is 2.18. The summed E-state index contributed by atoms with van der Waals surface area (Å²) < 4.78 is 48.9. The number of anilines is 1. The molecule has 2 aromatic carbocycles. The number of rotatable bonds is 11. The summed E-state index contributed by atoms with van der Waals surface area (Å²) in [7, 11) is 2.22. The number of nitrogens with zero attached hydrogens (tertiary/aromatic N) is 1. The van der Waals surface area contributed by atoms with Crippen LogP contribution in [0.4, 0.5) is 10.5 Å². The summed E-state index contributed by atoms with van der Waals surface area (Å²) in [6.45, 7) is 0.753. The maximum absolute atomic E-state index is 13.0. The molecule has 0 radical (unpaired) electrons. The minimum absolute atomic E-state index is 0.0384. The van der Waals surface area contributed by atoms with E-state index in [1.807, 2.05) is 0 Å². The quantitative estimate of drug-likeness (QED) is 0.501. The first kappa shape index (κ1) is 25.1. The van der Waals surface area contributed by atoms with Crippen LogP contribution in [-0.4, -0.2) is 67.2 Å². The van der Waals surface area contributed by atoms with Crippen molar-refractivity contribution < 1.29 is 36.3 Å². The molecule has 2 aromatic rings. The van der Waals surface area contributed by atoms with Crippen LogP contribution >= 0.6 is 0 Å². The van der Waals surface area contributed by atoms with Crippen molar-refractivity contribution in [1.29, 1.82) is 0 Å². The Bertz CT molecular complexity index is 1030. The molecule has 0 fully saturated rings. The Morgan fingerprint density at radius 2 is 1.66 bits per heavy atom. The van der Waals surface area contributed by atoms with E-state index in [1.54, 1.807) is 30.3 Å². The fourth-order valence-electron chi connectivity index (χ4n) is 2.82. The number of carbonyl (C=O) groups is 1. The third-order valence-electron chi connectivity index (χ3n) is 4.35. The van der Waals surface area contributed by atoms with Crippen LogP contribution in [0, 0.1) is 0 Å². The topological polar surface area (TPSA) is 113 Å². The molecular weight excluding hydrogens is 440 g/mol. The van der Waals surface area contributed by atoms with E-state index in [1.165, 1.54) is 39.4 Å². The first-order chi connectivity index (χ1) is 15.2. The third kappa shape index (κ3) is 7.20. The van der Waals surface area contributed by atoms with Crippen LogP contribution < -0.4 is 23.7 Å². The van der Waals surface area contributed by atoms with Crippen LogP contribution in [0.2, 0.25) is 0 Å². The van der Waals surface area contributed by atoms with Crippen LogP contribution in [0.3, 0.4) is 0 Å². The maximum atomic E-state index is 13.0. The fourth-order valence-corrected chi connectivity index (χ4v) is 3.27. The van der Waals surface area contributed by atoms with Crippen molar-refractivity contribution in [1.82, 2.24) is 4.90 Å². The summed E-state index contributed by atoms with van der Waals surface area (Å²) in [6, 6.07) is 9.45. The summed E-state index contributed by atoms with van der Waals surface area (Å²) in [5.41, 5.74) is 1.11. The van der Waals surface area contributed by atoms with Gasteiger partial charge in [0.2, 0.25) is 0 Å². The van der Waals surface area contributed by atoms with Gasteiger partial charge < -0.3 is 33.3 Å². The number of benzene rings is 2. The number of methoxy groups -OCH3 is 4. The van der Waals surface area contributed by atoms with Crippen molar-refractivity contribution in [3.05, 3.63) is 42.0 Å². The minimum Gasteiger partial charge on any atom is -0.497 e. The lowest BCUT2D eigenvalue weighted by Gasteiger charge is -2.24. The molecule has 0 saturated heterocycles. The van der Waals surface area contributed by atoms with Crippen molar-refractivity contribution in [3.8, 4) is 23.0 Å². The molecule has 176 valence electrons. The van der Waals surface area contributed by atoms with Gasteiger partial charge in [0.1, 0.15) is 11.5 Å². The van der Waals surface area contributed by atoms with Gasteiger partial charge in [-0.2, -0.15) is 8.42 Å². The number of hydrogen-bond acceptors (Lipinski definition) is 8. The Labute approximate surface area is 188 Å². The Morgan fingerprint density at radius 1 is 0.938 bits per heavy atom. The predicted octanol–water partition coefficient (Wildman–Crippen LogP) is 2.73. The molecule has 0 aliphatic heterocycles. The van der Waals surface area contributed by atoms with E-state index >= 15 is 0 Å². The van der Waals surface area contributed by atoms with Crippen molar-refractivity contribution in [2.45, 2.75) is 6.54 Å². The molecule has 2 amide bonds. The molecule has 0 aliphatic carbocycles. The van der Waals surface area contributed by atoms with Gasteiger partial charge in [-0.25, -0.2) is 4.79 Å². The van der Waals surface area contributed by atoms with Crippen LogP contribution in [0.5, 0.6) is 23.0 Å². The second kappa shape index (κ2) is 11.4. The average Bonchev–Trinajstić information content (AvgIpc) is 2.75. The summed E-state index contributed by atoms with van der Waals surface area (Å²) >= 11 is 0.